The van der Waals surface area contributed by atoms with Crippen LogP contribution in [0.1, 0.15) is 65.1 Å². The first-order chi connectivity index (χ1) is 12.6. The van der Waals surface area contributed by atoms with Gasteiger partial charge in [0.05, 0.1) is 18.3 Å². The Labute approximate surface area is 158 Å². The molecular weight excluding hydrogens is 324 g/mol. The third kappa shape index (κ3) is 4.78. The van der Waals surface area contributed by atoms with Gasteiger partial charge in [0.15, 0.2) is 5.96 Å². The molecule has 1 saturated heterocycles. The lowest BCUT2D eigenvalue weighted by molar-refractivity contribution is 0.265. The summed E-state index contributed by atoms with van der Waals surface area (Å²) >= 11 is 0. The van der Waals surface area contributed by atoms with E-state index in [4.69, 9.17) is 10.1 Å². The summed E-state index contributed by atoms with van der Waals surface area (Å²) < 4.78 is 2.15. The molecule has 1 aromatic heterocycles. The Morgan fingerprint density at radius 3 is 2.73 bits per heavy atom. The molecule has 2 unspecified atom stereocenters. The largest absolute Gasteiger partial charge is 0.357 e. The third-order valence-electron chi connectivity index (χ3n) is 5.80. The second-order valence-corrected chi connectivity index (χ2v) is 8.20. The van der Waals surface area contributed by atoms with Crippen LogP contribution in [-0.4, -0.2) is 52.4 Å². The van der Waals surface area contributed by atoms with E-state index in [1.165, 1.54) is 25.7 Å². The number of hydrogen-bond acceptors (Lipinski definition) is 3. The Morgan fingerprint density at radius 1 is 1.31 bits per heavy atom. The Hall–Kier alpha value is -1.56. The van der Waals surface area contributed by atoms with Crippen LogP contribution in [0.3, 0.4) is 0 Å². The monoisotopic (exact) mass is 360 g/mol. The van der Waals surface area contributed by atoms with E-state index in [-0.39, 0.29) is 0 Å². The maximum absolute atomic E-state index is 4.79. The highest BCUT2D eigenvalue weighted by Crippen LogP contribution is 2.28. The molecule has 1 aromatic rings. The number of guanidine groups is 1. The van der Waals surface area contributed by atoms with E-state index in [0.29, 0.717) is 30.6 Å². The predicted octanol–water partition coefficient (Wildman–Crippen LogP) is 2.78. The molecule has 0 aromatic carbocycles. The molecule has 1 aliphatic carbocycles. The van der Waals surface area contributed by atoms with Crippen molar-refractivity contribution < 1.29 is 0 Å². The van der Waals surface area contributed by atoms with Gasteiger partial charge in [0.25, 0.3) is 0 Å². The molecule has 2 atom stereocenters. The molecule has 0 spiro atoms. The van der Waals surface area contributed by atoms with Crippen LogP contribution in [0.25, 0.3) is 0 Å². The number of aromatic nitrogens is 2. The van der Waals surface area contributed by atoms with E-state index >= 15 is 0 Å². The minimum absolute atomic E-state index is 0.450. The van der Waals surface area contributed by atoms with Gasteiger partial charge >= 0.3 is 0 Å². The highest BCUT2D eigenvalue weighted by molar-refractivity contribution is 5.80. The molecule has 2 heterocycles. The van der Waals surface area contributed by atoms with Gasteiger partial charge in [-0.05, 0) is 45.6 Å². The van der Waals surface area contributed by atoms with Crippen LogP contribution >= 0.6 is 0 Å². The predicted molar refractivity (Wildman–Crippen MR) is 107 cm³/mol. The lowest BCUT2D eigenvalue weighted by Gasteiger charge is -2.21. The van der Waals surface area contributed by atoms with Crippen molar-refractivity contribution >= 4 is 5.96 Å². The molecule has 1 saturated carbocycles. The number of hydrogen-bond donors (Lipinski definition) is 2. The molecule has 146 valence electrons. The topological polar surface area (TPSA) is 57.5 Å². The summed E-state index contributed by atoms with van der Waals surface area (Å²) in [6.45, 7) is 12.7. The van der Waals surface area contributed by atoms with Crippen molar-refractivity contribution in [1.29, 1.82) is 0 Å². The van der Waals surface area contributed by atoms with Crippen molar-refractivity contribution in [1.82, 2.24) is 25.3 Å². The van der Waals surface area contributed by atoms with Gasteiger partial charge in [-0.2, -0.15) is 5.10 Å². The fourth-order valence-corrected chi connectivity index (χ4v) is 4.10. The molecule has 3 rings (SSSR count). The van der Waals surface area contributed by atoms with Crippen molar-refractivity contribution in [2.75, 3.05) is 19.6 Å². The Morgan fingerprint density at radius 2 is 2.08 bits per heavy atom. The molecule has 2 aliphatic rings. The molecule has 6 heteroatoms. The fraction of sp³-hybridized carbons (Fsp3) is 0.800. The zero-order chi connectivity index (χ0) is 18.5. The van der Waals surface area contributed by atoms with Crippen molar-refractivity contribution in [3.05, 3.63) is 18.0 Å². The third-order valence-corrected chi connectivity index (χ3v) is 5.80. The van der Waals surface area contributed by atoms with Crippen LogP contribution in [-0.2, 0) is 6.54 Å². The lowest BCUT2D eigenvalue weighted by Crippen LogP contribution is -2.46. The average Bonchev–Trinajstić information content (AvgIpc) is 3.34. The summed E-state index contributed by atoms with van der Waals surface area (Å²) in [5, 5.41) is 11.8. The van der Waals surface area contributed by atoms with E-state index in [1.54, 1.807) is 0 Å². The summed E-state index contributed by atoms with van der Waals surface area (Å²) in [4.78, 5) is 7.33. The van der Waals surface area contributed by atoms with Gasteiger partial charge in [-0.1, -0.05) is 19.8 Å². The van der Waals surface area contributed by atoms with Crippen LogP contribution in [0.2, 0.25) is 0 Å². The second kappa shape index (κ2) is 8.89. The number of nitrogens with zero attached hydrogens (tertiary/aromatic N) is 4. The number of nitrogens with one attached hydrogen (secondary N) is 2. The maximum atomic E-state index is 4.79. The van der Waals surface area contributed by atoms with Gasteiger partial charge < -0.3 is 10.6 Å². The van der Waals surface area contributed by atoms with Gasteiger partial charge in [0.2, 0.25) is 0 Å². The summed E-state index contributed by atoms with van der Waals surface area (Å²) in [5.41, 5.74) is 1.05. The summed E-state index contributed by atoms with van der Waals surface area (Å²) in [7, 11) is 0. The number of likely N-dealkylation sites (tertiary alicyclic amines) is 1. The van der Waals surface area contributed by atoms with Gasteiger partial charge in [-0.25, -0.2) is 4.99 Å². The van der Waals surface area contributed by atoms with Gasteiger partial charge in [0.1, 0.15) is 0 Å². The molecular formula is C20H36N6. The second-order valence-electron chi connectivity index (χ2n) is 8.20. The number of rotatable bonds is 6. The molecule has 6 nitrogen and oxygen atoms in total. The smallest absolute Gasteiger partial charge is 0.191 e. The minimum Gasteiger partial charge on any atom is -0.357 e. The highest BCUT2D eigenvalue weighted by Gasteiger charge is 2.31. The first-order valence-corrected chi connectivity index (χ1v) is 10.4. The SMILES string of the molecule is CCNC(=NCc1ccn(C2CCCC2)n1)NC1CN(C(C)C)CC1C. The van der Waals surface area contributed by atoms with Crippen LogP contribution < -0.4 is 10.6 Å². The molecule has 1 aliphatic heterocycles. The fourth-order valence-electron chi connectivity index (χ4n) is 4.10. The van der Waals surface area contributed by atoms with Crippen LogP contribution in [0.15, 0.2) is 17.3 Å². The summed E-state index contributed by atoms with van der Waals surface area (Å²) in [5.74, 6) is 1.54. The molecule has 2 N–H and O–H groups in total. The van der Waals surface area contributed by atoms with Gasteiger partial charge in [-0.15, -0.1) is 0 Å². The molecule has 26 heavy (non-hydrogen) atoms. The van der Waals surface area contributed by atoms with Crippen LogP contribution in [0.5, 0.6) is 0 Å². The Bertz CT molecular complexity index is 587. The van der Waals surface area contributed by atoms with Crippen LogP contribution in [0, 0.1) is 5.92 Å². The minimum atomic E-state index is 0.450. The van der Waals surface area contributed by atoms with Crippen molar-refractivity contribution in [2.45, 2.75) is 78.0 Å². The molecule has 0 bridgehead atoms. The van der Waals surface area contributed by atoms with E-state index < -0.39 is 0 Å². The van der Waals surface area contributed by atoms with Crippen LogP contribution in [0.4, 0.5) is 0 Å². The highest BCUT2D eigenvalue weighted by atomic mass is 15.3. The zero-order valence-electron chi connectivity index (χ0n) is 16.9. The van der Waals surface area contributed by atoms with E-state index in [2.05, 4.69) is 60.2 Å². The first kappa shape index (κ1) is 19.2. The lowest BCUT2D eigenvalue weighted by atomic mass is 10.1. The van der Waals surface area contributed by atoms with Crippen molar-refractivity contribution in [3.63, 3.8) is 0 Å². The Balaban J connectivity index is 1.58. The zero-order valence-corrected chi connectivity index (χ0v) is 16.9. The molecule has 0 amide bonds. The van der Waals surface area contributed by atoms with Crippen molar-refractivity contribution in [2.24, 2.45) is 10.9 Å². The maximum Gasteiger partial charge on any atom is 0.191 e. The quantitative estimate of drug-likeness (QED) is 0.605. The Kier molecular flexibility index (Phi) is 6.57. The standard InChI is InChI=1S/C20H36N6/c1-5-21-20(23-19-14-25(15(2)3)13-16(19)4)22-12-17-10-11-26(24-17)18-8-6-7-9-18/h10-11,15-16,18-19H,5-9,12-14H2,1-4H3,(H2,21,22,23). The molecule has 0 radical (unpaired) electrons. The number of aliphatic imine (C=N–C) groups is 1. The normalized spacial score (nSPS) is 25.3. The van der Waals surface area contributed by atoms with Gasteiger partial charge in [0, 0.05) is 37.9 Å². The van der Waals surface area contributed by atoms with Gasteiger partial charge in [-0.3, -0.25) is 9.58 Å². The van der Waals surface area contributed by atoms with Crippen molar-refractivity contribution in [3.8, 4) is 0 Å². The summed E-state index contributed by atoms with van der Waals surface area (Å²) in [6, 6.07) is 3.76. The average molecular weight is 361 g/mol. The van der Waals surface area contributed by atoms with E-state index in [0.717, 1.165) is 31.3 Å². The molecule has 2 fully saturated rings. The van der Waals surface area contributed by atoms with E-state index in [1.807, 2.05) is 0 Å². The summed E-state index contributed by atoms with van der Waals surface area (Å²) in [6.07, 6.45) is 7.32. The van der Waals surface area contributed by atoms with E-state index in [9.17, 15) is 0 Å². The first-order valence-electron chi connectivity index (χ1n) is 10.4.